The summed E-state index contributed by atoms with van der Waals surface area (Å²) >= 11 is 0.856. The van der Waals surface area contributed by atoms with E-state index in [4.69, 9.17) is 5.11 Å². The fourth-order valence-corrected chi connectivity index (χ4v) is 2.05. The average Bonchev–Trinajstić information content (AvgIpc) is 2.96. The van der Waals surface area contributed by atoms with Crippen molar-refractivity contribution in [2.75, 3.05) is 0 Å². The van der Waals surface area contributed by atoms with Gasteiger partial charge in [0, 0.05) is 6.42 Å². The molecule has 1 atom stereocenters. The van der Waals surface area contributed by atoms with Gasteiger partial charge in [-0.3, -0.25) is 4.79 Å². The van der Waals surface area contributed by atoms with Gasteiger partial charge in [-0.2, -0.15) is 0 Å². The fourth-order valence-electron chi connectivity index (χ4n) is 1.63. The first-order valence-electron chi connectivity index (χ1n) is 5.79. The highest BCUT2D eigenvalue weighted by Gasteiger charge is 2.22. The summed E-state index contributed by atoms with van der Waals surface area (Å²) in [5.74, 6) is -2.45. The van der Waals surface area contributed by atoms with Crippen LogP contribution in [-0.2, 0) is 11.2 Å². The molecule has 0 spiro atoms. The van der Waals surface area contributed by atoms with Crippen LogP contribution in [0.4, 0.5) is 0 Å². The molecule has 0 aliphatic carbocycles. The van der Waals surface area contributed by atoms with Crippen molar-refractivity contribution in [1.29, 1.82) is 0 Å². The summed E-state index contributed by atoms with van der Waals surface area (Å²) in [6, 6.07) is 2.78. The van der Waals surface area contributed by atoms with Crippen LogP contribution in [0.1, 0.15) is 15.2 Å². The maximum atomic E-state index is 11.8. The molecule has 1 amide bonds. The van der Waals surface area contributed by atoms with Crippen molar-refractivity contribution >= 4 is 23.4 Å². The molecule has 1 unspecified atom stereocenters. The molecule has 4 N–H and O–H groups in total. The van der Waals surface area contributed by atoms with Crippen molar-refractivity contribution in [2.24, 2.45) is 0 Å². The van der Waals surface area contributed by atoms with E-state index in [9.17, 15) is 19.8 Å². The van der Waals surface area contributed by atoms with Crippen LogP contribution in [0.25, 0.3) is 0 Å². The molecule has 0 aliphatic rings. The summed E-state index contributed by atoms with van der Waals surface area (Å²) in [6.45, 7) is 0. The van der Waals surface area contributed by atoms with E-state index in [0.29, 0.717) is 5.56 Å². The van der Waals surface area contributed by atoms with Gasteiger partial charge in [0.2, 0.25) is 0 Å². The van der Waals surface area contributed by atoms with Crippen LogP contribution in [0.15, 0.2) is 24.4 Å². The highest BCUT2D eigenvalue weighted by molar-refractivity contribution is 7.07. The molecular formula is C12H11N3O5S. The Labute approximate surface area is 122 Å². The van der Waals surface area contributed by atoms with Gasteiger partial charge in [0.15, 0.2) is 11.5 Å². The molecule has 0 fully saturated rings. The third kappa shape index (κ3) is 3.66. The number of aliphatic carboxylic acids is 1. The number of hydrogen-bond donors (Lipinski definition) is 4. The molecular weight excluding hydrogens is 298 g/mol. The SMILES string of the molecule is O=C(NC(Cc1ccc(O)c(O)c1)C(=O)O)c1cnns1. The van der Waals surface area contributed by atoms with E-state index in [1.165, 1.54) is 24.4 Å². The molecule has 2 aromatic rings. The highest BCUT2D eigenvalue weighted by atomic mass is 32.1. The van der Waals surface area contributed by atoms with Gasteiger partial charge in [-0.1, -0.05) is 10.6 Å². The Morgan fingerprint density at radius 1 is 1.29 bits per heavy atom. The first kappa shape index (κ1) is 14.7. The number of carbonyl (C=O) groups is 2. The van der Waals surface area contributed by atoms with Gasteiger partial charge in [0.1, 0.15) is 10.9 Å². The molecule has 110 valence electrons. The van der Waals surface area contributed by atoms with E-state index in [1.807, 2.05) is 0 Å². The molecule has 1 heterocycles. The maximum Gasteiger partial charge on any atom is 0.326 e. The van der Waals surface area contributed by atoms with Crippen molar-refractivity contribution in [1.82, 2.24) is 14.9 Å². The number of aromatic hydroxyl groups is 2. The first-order chi connectivity index (χ1) is 9.97. The van der Waals surface area contributed by atoms with Gasteiger partial charge in [0.25, 0.3) is 5.91 Å². The van der Waals surface area contributed by atoms with Gasteiger partial charge < -0.3 is 20.6 Å². The zero-order chi connectivity index (χ0) is 15.4. The fraction of sp³-hybridized carbons (Fsp3) is 0.167. The predicted octanol–water partition coefficient (Wildman–Crippen LogP) is 0.375. The van der Waals surface area contributed by atoms with Gasteiger partial charge in [-0.15, -0.1) is 5.10 Å². The molecule has 1 aromatic carbocycles. The minimum absolute atomic E-state index is 0.0405. The van der Waals surface area contributed by atoms with Crippen molar-refractivity contribution in [3.63, 3.8) is 0 Å². The van der Waals surface area contributed by atoms with Gasteiger partial charge in [0.05, 0.1) is 6.20 Å². The third-order valence-electron chi connectivity index (χ3n) is 2.67. The number of benzene rings is 1. The number of hydrogen-bond acceptors (Lipinski definition) is 7. The van der Waals surface area contributed by atoms with Crippen LogP contribution in [0.3, 0.4) is 0 Å². The summed E-state index contributed by atoms with van der Waals surface area (Å²) in [5, 5.41) is 33.6. The Bertz CT molecular complexity index is 659. The first-order valence-corrected chi connectivity index (χ1v) is 6.56. The topological polar surface area (TPSA) is 133 Å². The third-order valence-corrected chi connectivity index (χ3v) is 3.33. The van der Waals surface area contributed by atoms with E-state index < -0.39 is 17.9 Å². The van der Waals surface area contributed by atoms with Crippen molar-refractivity contribution in [2.45, 2.75) is 12.5 Å². The Hall–Kier alpha value is -2.68. The lowest BCUT2D eigenvalue weighted by atomic mass is 10.1. The minimum Gasteiger partial charge on any atom is -0.504 e. The van der Waals surface area contributed by atoms with E-state index in [2.05, 4.69) is 14.9 Å². The van der Waals surface area contributed by atoms with Crippen molar-refractivity contribution in [3.05, 3.63) is 34.8 Å². The Morgan fingerprint density at radius 3 is 2.62 bits per heavy atom. The van der Waals surface area contributed by atoms with Crippen LogP contribution >= 0.6 is 11.5 Å². The molecule has 21 heavy (non-hydrogen) atoms. The number of amides is 1. The molecule has 2 rings (SSSR count). The second-order valence-electron chi connectivity index (χ2n) is 4.17. The zero-order valence-electron chi connectivity index (χ0n) is 10.6. The van der Waals surface area contributed by atoms with Gasteiger partial charge >= 0.3 is 5.97 Å². The highest BCUT2D eigenvalue weighted by Crippen LogP contribution is 2.25. The smallest absolute Gasteiger partial charge is 0.326 e. The summed E-state index contributed by atoms with van der Waals surface area (Å²) in [4.78, 5) is 23.2. The van der Waals surface area contributed by atoms with Gasteiger partial charge in [-0.25, -0.2) is 4.79 Å². The summed E-state index contributed by atoms with van der Waals surface area (Å²) in [6.07, 6.45) is 1.20. The second kappa shape index (κ2) is 6.18. The largest absolute Gasteiger partial charge is 0.504 e. The number of carboxylic acids is 1. The minimum atomic E-state index is -1.21. The van der Waals surface area contributed by atoms with Crippen LogP contribution in [-0.4, -0.2) is 42.8 Å². The lowest BCUT2D eigenvalue weighted by molar-refractivity contribution is -0.139. The molecule has 0 bridgehead atoms. The molecule has 0 aliphatic heterocycles. The summed E-state index contributed by atoms with van der Waals surface area (Å²) in [7, 11) is 0. The number of carboxylic acid groups (broad SMARTS) is 1. The number of nitrogens with zero attached hydrogens (tertiary/aromatic N) is 2. The molecule has 9 heteroatoms. The Morgan fingerprint density at radius 2 is 2.05 bits per heavy atom. The van der Waals surface area contributed by atoms with Crippen LogP contribution < -0.4 is 5.32 Å². The van der Waals surface area contributed by atoms with Crippen LogP contribution in [0.2, 0.25) is 0 Å². The Kier molecular flexibility index (Phi) is 4.33. The van der Waals surface area contributed by atoms with E-state index in [1.54, 1.807) is 0 Å². The lowest BCUT2D eigenvalue weighted by Crippen LogP contribution is -2.42. The second-order valence-corrected chi connectivity index (χ2v) is 4.96. The predicted molar refractivity (Wildman–Crippen MR) is 72.3 cm³/mol. The zero-order valence-corrected chi connectivity index (χ0v) is 11.4. The lowest BCUT2D eigenvalue weighted by Gasteiger charge is -2.14. The quantitative estimate of drug-likeness (QED) is 0.587. The number of carbonyl (C=O) groups excluding carboxylic acids is 1. The van der Waals surface area contributed by atoms with E-state index in [0.717, 1.165) is 11.5 Å². The molecule has 0 radical (unpaired) electrons. The van der Waals surface area contributed by atoms with Gasteiger partial charge in [-0.05, 0) is 29.2 Å². The standard InChI is InChI=1S/C12H11N3O5S/c16-8-2-1-6(4-9(8)17)3-7(12(19)20)14-11(18)10-5-13-15-21-10/h1-2,4-5,7,16-17H,3H2,(H,14,18)(H,19,20). The number of rotatable bonds is 5. The van der Waals surface area contributed by atoms with E-state index in [-0.39, 0.29) is 22.8 Å². The summed E-state index contributed by atoms with van der Waals surface area (Å²) < 4.78 is 3.52. The molecule has 0 saturated carbocycles. The Balaban J connectivity index is 2.10. The summed E-state index contributed by atoms with van der Waals surface area (Å²) in [5.41, 5.74) is 0.459. The number of aromatic nitrogens is 2. The van der Waals surface area contributed by atoms with Crippen molar-refractivity contribution < 1.29 is 24.9 Å². The normalized spacial score (nSPS) is 11.8. The van der Waals surface area contributed by atoms with Crippen LogP contribution in [0.5, 0.6) is 11.5 Å². The average molecular weight is 309 g/mol. The molecule has 0 saturated heterocycles. The monoisotopic (exact) mass is 309 g/mol. The number of nitrogens with one attached hydrogen (secondary N) is 1. The number of phenols is 2. The molecule has 8 nitrogen and oxygen atoms in total. The van der Waals surface area contributed by atoms with Crippen LogP contribution in [0, 0.1) is 0 Å². The number of phenolic OH excluding ortho intramolecular Hbond substituents is 2. The maximum absolute atomic E-state index is 11.8. The van der Waals surface area contributed by atoms with E-state index >= 15 is 0 Å². The molecule has 1 aromatic heterocycles. The van der Waals surface area contributed by atoms with Crippen molar-refractivity contribution in [3.8, 4) is 11.5 Å².